The van der Waals surface area contributed by atoms with Crippen LogP contribution in [0.1, 0.15) is 25.7 Å². The number of carboxylic acids is 1. The number of hydrogen-bond donors (Lipinski definition) is 3. The number of hydrogen-bond acceptors (Lipinski definition) is 2. The molecule has 18 heavy (non-hydrogen) atoms. The molecule has 0 unspecified atom stereocenters. The van der Waals surface area contributed by atoms with Gasteiger partial charge in [0.1, 0.15) is 5.54 Å². The van der Waals surface area contributed by atoms with Crippen molar-refractivity contribution in [1.82, 2.24) is 10.6 Å². The van der Waals surface area contributed by atoms with Crippen molar-refractivity contribution >= 4 is 12.0 Å². The van der Waals surface area contributed by atoms with Gasteiger partial charge in [-0.2, -0.15) is 13.2 Å². The first-order valence-corrected chi connectivity index (χ1v) is 5.57. The van der Waals surface area contributed by atoms with E-state index in [1.807, 2.05) is 5.32 Å². The summed E-state index contributed by atoms with van der Waals surface area (Å²) in [7, 11) is 0. The van der Waals surface area contributed by atoms with E-state index in [1.165, 1.54) is 0 Å². The molecule has 0 spiro atoms. The molecular formula is C10H13F3N2O3. The number of carbonyl (C=O) groups excluding carboxylic acids is 1. The van der Waals surface area contributed by atoms with E-state index in [4.69, 9.17) is 5.11 Å². The van der Waals surface area contributed by atoms with Crippen LogP contribution in [0.25, 0.3) is 0 Å². The molecule has 0 aromatic carbocycles. The summed E-state index contributed by atoms with van der Waals surface area (Å²) in [5, 5.41) is 12.9. The van der Waals surface area contributed by atoms with Crippen molar-refractivity contribution in [3.05, 3.63) is 0 Å². The number of alkyl halides is 3. The summed E-state index contributed by atoms with van der Waals surface area (Å²) in [6.07, 6.45) is -3.85. The van der Waals surface area contributed by atoms with Crippen molar-refractivity contribution in [1.29, 1.82) is 0 Å². The van der Waals surface area contributed by atoms with Crippen LogP contribution < -0.4 is 10.6 Å². The zero-order valence-corrected chi connectivity index (χ0v) is 9.43. The zero-order valence-electron chi connectivity index (χ0n) is 9.43. The molecule has 2 fully saturated rings. The smallest absolute Gasteiger partial charge is 0.411 e. The fraction of sp³-hybridized carbons (Fsp3) is 0.800. The van der Waals surface area contributed by atoms with E-state index in [-0.39, 0.29) is 19.4 Å². The fourth-order valence-corrected chi connectivity index (χ4v) is 1.73. The number of rotatable bonds is 4. The average Bonchev–Trinajstić information content (AvgIpc) is 3.09. The normalized spacial score (nSPS) is 23.1. The lowest BCUT2D eigenvalue weighted by atomic mass is 10.1. The van der Waals surface area contributed by atoms with Crippen LogP contribution >= 0.6 is 0 Å². The van der Waals surface area contributed by atoms with E-state index < -0.39 is 29.1 Å². The first-order valence-electron chi connectivity index (χ1n) is 5.57. The van der Waals surface area contributed by atoms with Gasteiger partial charge >= 0.3 is 18.2 Å². The molecule has 3 N–H and O–H groups in total. The molecule has 0 aliphatic heterocycles. The standard InChI is InChI=1S/C10H13F3N2O3/c11-10(12,13)9(3-4-9)15-7(18)14-5-8(1-2-8)6(16)17/h1-5H2,(H,16,17)(H2,14,15,18). The van der Waals surface area contributed by atoms with Crippen LogP contribution in [0.15, 0.2) is 0 Å². The maximum Gasteiger partial charge on any atom is 0.411 e. The summed E-state index contributed by atoms with van der Waals surface area (Å²) >= 11 is 0. The molecule has 0 aromatic heterocycles. The third kappa shape index (κ3) is 2.23. The third-order valence-electron chi connectivity index (χ3n) is 3.54. The number of carbonyl (C=O) groups is 2. The molecule has 0 heterocycles. The van der Waals surface area contributed by atoms with Gasteiger partial charge in [-0.25, -0.2) is 4.79 Å². The van der Waals surface area contributed by atoms with E-state index in [0.29, 0.717) is 12.8 Å². The molecule has 102 valence electrons. The highest BCUT2D eigenvalue weighted by molar-refractivity contribution is 5.80. The van der Waals surface area contributed by atoms with Crippen molar-refractivity contribution in [2.24, 2.45) is 5.41 Å². The number of aliphatic carboxylic acids is 1. The highest BCUT2D eigenvalue weighted by Gasteiger charge is 2.64. The maximum atomic E-state index is 12.5. The predicted molar refractivity (Wildman–Crippen MR) is 53.9 cm³/mol. The Morgan fingerprint density at radius 1 is 1.17 bits per heavy atom. The van der Waals surface area contributed by atoms with Gasteiger partial charge < -0.3 is 15.7 Å². The molecule has 2 aliphatic rings. The summed E-state index contributed by atoms with van der Waals surface area (Å²) in [6, 6.07) is -0.961. The van der Waals surface area contributed by atoms with E-state index in [1.54, 1.807) is 0 Å². The summed E-state index contributed by atoms with van der Waals surface area (Å²) in [5.74, 6) is -1.03. The monoisotopic (exact) mass is 266 g/mol. The molecule has 0 radical (unpaired) electrons. The van der Waals surface area contributed by atoms with E-state index in [2.05, 4.69) is 5.32 Å². The van der Waals surface area contributed by atoms with Crippen molar-refractivity contribution in [3.8, 4) is 0 Å². The predicted octanol–water partition coefficient (Wildman–Crippen LogP) is 1.25. The lowest BCUT2D eigenvalue weighted by molar-refractivity contribution is -0.162. The highest BCUT2D eigenvalue weighted by Crippen LogP contribution is 2.49. The summed E-state index contributed by atoms with van der Waals surface area (Å²) < 4.78 is 37.6. The quantitative estimate of drug-likeness (QED) is 0.716. The van der Waals surface area contributed by atoms with Crippen LogP contribution in [0.5, 0.6) is 0 Å². The van der Waals surface area contributed by atoms with E-state index >= 15 is 0 Å². The van der Waals surface area contributed by atoms with Crippen LogP contribution in [0, 0.1) is 5.41 Å². The van der Waals surface area contributed by atoms with E-state index in [9.17, 15) is 22.8 Å². The Kier molecular flexibility index (Phi) is 2.71. The molecule has 2 aliphatic carbocycles. The number of urea groups is 1. The van der Waals surface area contributed by atoms with Crippen LogP contribution in [0.3, 0.4) is 0 Å². The second-order valence-corrected chi connectivity index (χ2v) is 4.97. The van der Waals surface area contributed by atoms with Crippen molar-refractivity contribution in [2.75, 3.05) is 6.54 Å². The van der Waals surface area contributed by atoms with Gasteiger partial charge in [0.05, 0.1) is 5.41 Å². The Morgan fingerprint density at radius 3 is 2.06 bits per heavy atom. The average molecular weight is 266 g/mol. The molecular weight excluding hydrogens is 253 g/mol. The second kappa shape index (κ2) is 3.76. The van der Waals surface area contributed by atoms with Crippen molar-refractivity contribution in [3.63, 3.8) is 0 Å². The molecule has 5 nitrogen and oxygen atoms in total. The Balaban J connectivity index is 1.82. The topological polar surface area (TPSA) is 78.4 Å². The van der Waals surface area contributed by atoms with Gasteiger partial charge in [-0.3, -0.25) is 4.79 Å². The molecule has 0 bridgehead atoms. The van der Waals surface area contributed by atoms with Crippen LogP contribution in [-0.2, 0) is 4.79 Å². The molecule has 8 heteroatoms. The molecule has 0 atom stereocenters. The van der Waals surface area contributed by atoms with Gasteiger partial charge in [-0.15, -0.1) is 0 Å². The lowest BCUT2D eigenvalue weighted by Gasteiger charge is -2.21. The number of amides is 2. The Labute approximate surface area is 101 Å². The summed E-state index contributed by atoms with van der Waals surface area (Å²) in [4.78, 5) is 22.1. The minimum Gasteiger partial charge on any atom is -0.481 e. The van der Waals surface area contributed by atoms with Crippen LogP contribution in [0.2, 0.25) is 0 Å². The lowest BCUT2D eigenvalue weighted by Crippen LogP contribution is -2.52. The second-order valence-electron chi connectivity index (χ2n) is 4.97. The zero-order chi connectivity index (χ0) is 13.6. The van der Waals surface area contributed by atoms with Gasteiger partial charge in [-0.1, -0.05) is 0 Å². The van der Waals surface area contributed by atoms with Crippen LogP contribution in [0.4, 0.5) is 18.0 Å². The largest absolute Gasteiger partial charge is 0.481 e. The number of nitrogens with one attached hydrogen (secondary N) is 2. The number of halogens is 3. The first-order chi connectivity index (χ1) is 8.21. The van der Waals surface area contributed by atoms with Crippen molar-refractivity contribution in [2.45, 2.75) is 37.4 Å². The Bertz CT molecular complexity index is 386. The summed E-state index contributed by atoms with van der Waals surface area (Å²) in [5.41, 5.74) is -3.09. The minimum atomic E-state index is -4.46. The van der Waals surface area contributed by atoms with Gasteiger partial charge in [-0.05, 0) is 25.7 Å². The maximum absolute atomic E-state index is 12.5. The van der Waals surface area contributed by atoms with Crippen LogP contribution in [-0.4, -0.2) is 35.4 Å². The van der Waals surface area contributed by atoms with Gasteiger partial charge in [0.25, 0.3) is 0 Å². The highest BCUT2D eigenvalue weighted by atomic mass is 19.4. The van der Waals surface area contributed by atoms with Gasteiger partial charge in [0.2, 0.25) is 0 Å². The number of carboxylic acid groups (broad SMARTS) is 1. The van der Waals surface area contributed by atoms with E-state index in [0.717, 1.165) is 0 Å². The fourth-order valence-electron chi connectivity index (χ4n) is 1.73. The SMILES string of the molecule is O=C(NCC1(C(=O)O)CC1)NC1(C(F)(F)F)CC1. The molecule has 0 saturated heterocycles. The third-order valence-corrected chi connectivity index (χ3v) is 3.54. The summed E-state index contributed by atoms with van der Waals surface area (Å²) in [6.45, 7) is -0.137. The Hall–Kier alpha value is -1.47. The van der Waals surface area contributed by atoms with Gasteiger partial charge in [0, 0.05) is 6.54 Å². The first kappa shape index (κ1) is 13.0. The molecule has 0 aromatic rings. The molecule has 2 saturated carbocycles. The Morgan fingerprint density at radius 2 is 1.72 bits per heavy atom. The van der Waals surface area contributed by atoms with Crippen molar-refractivity contribution < 1.29 is 27.9 Å². The minimum absolute atomic E-state index is 0.131. The molecule has 2 amide bonds. The van der Waals surface area contributed by atoms with Gasteiger partial charge in [0.15, 0.2) is 0 Å². The molecule has 2 rings (SSSR count).